The van der Waals surface area contributed by atoms with Crippen LogP contribution in [0.1, 0.15) is 59.1 Å². The van der Waals surface area contributed by atoms with Gasteiger partial charge in [0.1, 0.15) is 0 Å². The van der Waals surface area contributed by atoms with Gasteiger partial charge in [-0.25, -0.2) is 0 Å². The molecule has 2 atom stereocenters. The van der Waals surface area contributed by atoms with Crippen molar-refractivity contribution >= 4 is 23.2 Å². The Labute approximate surface area is 134 Å². The average molecular weight is 316 g/mol. The Morgan fingerprint density at radius 2 is 1.80 bits per heavy atom. The van der Waals surface area contributed by atoms with Gasteiger partial charge in [0.15, 0.2) is 0 Å². The number of hydrogen-bond donors (Lipinski definition) is 1. The van der Waals surface area contributed by atoms with Crippen LogP contribution in [0.3, 0.4) is 0 Å². The lowest BCUT2D eigenvalue weighted by Gasteiger charge is -2.27. The Balaban J connectivity index is 2.80. The first-order valence-corrected chi connectivity index (χ1v) is 8.17. The van der Waals surface area contributed by atoms with Gasteiger partial charge < -0.3 is 5.32 Å². The third kappa shape index (κ3) is 6.03. The second kappa shape index (κ2) is 7.68. The fourth-order valence-electron chi connectivity index (χ4n) is 2.84. The Kier molecular flexibility index (Phi) is 6.84. The van der Waals surface area contributed by atoms with E-state index in [1.165, 1.54) is 12.0 Å². The smallest absolute Gasteiger partial charge is 0.0595 e. The van der Waals surface area contributed by atoms with E-state index >= 15 is 0 Å². The van der Waals surface area contributed by atoms with E-state index in [9.17, 15) is 0 Å². The van der Waals surface area contributed by atoms with Gasteiger partial charge in [-0.15, -0.1) is 0 Å². The van der Waals surface area contributed by atoms with Gasteiger partial charge in [-0.3, -0.25) is 0 Å². The highest BCUT2D eigenvalue weighted by atomic mass is 35.5. The van der Waals surface area contributed by atoms with Crippen LogP contribution in [-0.2, 0) is 0 Å². The van der Waals surface area contributed by atoms with Gasteiger partial charge in [0.05, 0.1) is 10.0 Å². The predicted octanol–water partition coefficient (Wildman–Crippen LogP) is 6.11. The molecule has 0 aromatic heterocycles. The molecule has 2 unspecified atom stereocenters. The lowest BCUT2D eigenvalue weighted by atomic mass is 9.82. The Morgan fingerprint density at radius 3 is 2.30 bits per heavy atom. The van der Waals surface area contributed by atoms with Gasteiger partial charge in [0, 0.05) is 6.04 Å². The maximum atomic E-state index is 6.14. The largest absolute Gasteiger partial charge is 0.310 e. The molecule has 1 aromatic carbocycles. The number of benzene rings is 1. The molecule has 0 aliphatic rings. The van der Waals surface area contributed by atoms with E-state index in [2.05, 4.69) is 46.0 Å². The summed E-state index contributed by atoms with van der Waals surface area (Å²) in [5.41, 5.74) is 1.59. The maximum absolute atomic E-state index is 6.14. The highest BCUT2D eigenvalue weighted by Crippen LogP contribution is 2.32. The minimum atomic E-state index is 0.340. The molecule has 0 fully saturated rings. The van der Waals surface area contributed by atoms with Crippen LogP contribution in [0, 0.1) is 11.3 Å². The third-order valence-corrected chi connectivity index (χ3v) is 4.13. The van der Waals surface area contributed by atoms with Crippen LogP contribution in [0.25, 0.3) is 0 Å². The highest BCUT2D eigenvalue weighted by molar-refractivity contribution is 6.42. The van der Waals surface area contributed by atoms with E-state index in [1.807, 2.05) is 12.1 Å². The van der Waals surface area contributed by atoms with Crippen molar-refractivity contribution in [3.05, 3.63) is 33.8 Å². The molecule has 1 nitrogen and oxygen atoms in total. The van der Waals surface area contributed by atoms with Crippen molar-refractivity contribution in [2.75, 3.05) is 6.54 Å². The minimum absolute atomic E-state index is 0.340. The van der Waals surface area contributed by atoms with Crippen LogP contribution in [0.4, 0.5) is 0 Å². The van der Waals surface area contributed by atoms with Crippen molar-refractivity contribution in [1.29, 1.82) is 0 Å². The van der Waals surface area contributed by atoms with Crippen molar-refractivity contribution in [2.24, 2.45) is 11.3 Å². The molecule has 0 aliphatic carbocycles. The zero-order chi connectivity index (χ0) is 15.3. The van der Waals surface area contributed by atoms with Gasteiger partial charge in [-0.1, -0.05) is 63.9 Å². The molecule has 1 N–H and O–H groups in total. The zero-order valence-electron chi connectivity index (χ0n) is 13.3. The molecule has 0 bridgehead atoms. The zero-order valence-corrected chi connectivity index (χ0v) is 14.8. The molecule has 0 spiro atoms. The summed E-state index contributed by atoms with van der Waals surface area (Å²) in [5.74, 6) is 0.661. The Bertz CT molecular complexity index is 423. The van der Waals surface area contributed by atoms with Crippen molar-refractivity contribution < 1.29 is 0 Å². The summed E-state index contributed by atoms with van der Waals surface area (Å²) in [6.45, 7) is 12.3. The summed E-state index contributed by atoms with van der Waals surface area (Å²) < 4.78 is 0. The first-order valence-electron chi connectivity index (χ1n) is 7.41. The van der Waals surface area contributed by atoms with Crippen molar-refractivity contribution in [3.8, 4) is 0 Å². The van der Waals surface area contributed by atoms with E-state index < -0.39 is 0 Å². The standard InChI is InChI=1S/C17H27Cl2N/c1-6-20-16(9-12(2)11-17(3,4)5)13-7-8-14(18)15(19)10-13/h7-8,10,12,16,20H,6,9,11H2,1-5H3. The van der Waals surface area contributed by atoms with Gasteiger partial charge in [0.25, 0.3) is 0 Å². The van der Waals surface area contributed by atoms with Crippen LogP contribution < -0.4 is 5.32 Å². The second-order valence-corrected chi connectivity index (χ2v) is 7.70. The van der Waals surface area contributed by atoms with Crippen LogP contribution in [0.15, 0.2) is 18.2 Å². The Hall–Kier alpha value is -0.240. The first-order chi connectivity index (χ1) is 9.23. The highest BCUT2D eigenvalue weighted by Gasteiger charge is 2.20. The minimum Gasteiger partial charge on any atom is -0.310 e. The van der Waals surface area contributed by atoms with E-state index in [-0.39, 0.29) is 0 Å². The molecule has 0 amide bonds. The molecule has 0 heterocycles. The fraction of sp³-hybridized carbons (Fsp3) is 0.647. The van der Waals surface area contributed by atoms with Gasteiger partial charge in [0.2, 0.25) is 0 Å². The molecule has 0 saturated carbocycles. The number of hydrogen-bond acceptors (Lipinski definition) is 1. The van der Waals surface area contributed by atoms with Crippen LogP contribution in [0.5, 0.6) is 0 Å². The molecule has 1 rings (SSSR count). The second-order valence-electron chi connectivity index (χ2n) is 6.89. The Morgan fingerprint density at radius 1 is 1.15 bits per heavy atom. The van der Waals surface area contributed by atoms with E-state index in [4.69, 9.17) is 23.2 Å². The molecule has 20 heavy (non-hydrogen) atoms. The monoisotopic (exact) mass is 315 g/mol. The lowest BCUT2D eigenvalue weighted by Crippen LogP contribution is -2.24. The van der Waals surface area contributed by atoms with Crippen LogP contribution >= 0.6 is 23.2 Å². The number of nitrogens with one attached hydrogen (secondary N) is 1. The van der Waals surface area contributed by atoms with Crippen LogP contribution in [0.2, 0.25) is 10.0 Å². The number of rotatable bonds is 6. The molecule has 1 aromatic rings. The topological polar surface area (TPSA) is 12.0 Å². The summed E-state index contributed by atoms with van der Waals surface area (Å²) in [4.78, 5) is 0. The van der Waals surface area contributed by atoms with E-state index in [0.29, 0.717) is 27.4 Å². The summed E-state index contributed by atoms with van der Waals surface area (Å²) in [5, 5.41) is 4.81. The van der Waals surface area contributed by atoms with Crippen molar-refractivity contribution in [2.45, 2.75) is 53.5 Å². The SMILES string of the molecule is CCNC(CC(C)CC(C)(C)C)c1ccc(Cl)c(Cl)c1. The van der Waals surface area contributed by atoms with Crippen LogP contribution in [-0.4, -0.2) is 6.54 Å². The lowest BCUT2D eigenvalue weighted by molar-refractivity contribution is 0.276. The third-order valence-electron chi connectivity index (χ3n) is 3.40. The maximum Gasteiger partial charge on any atom is 0.0595 e. The quantitative estimate of drug-likeness (QED) is 0.668. The molecule has 0 saturated heterocycles. The summed E-state index contributed by atoms with van der Waals surface area (Å²) in [7, 11) is 0. The van der Waals surface area contributed by atoms with Gasteiger partial charge in [-0.05, 0) is 48.4 Å². The molecular formula is C17H27Cl2N. The molecule has 0 aliphatic heterocycles. The predicted molar refractivity (Wildman–Crippen MR) is 90.7 cm³/mol. The summed E-state index contributed by atoms with van der Waals surface area (Å²) in [6, 6.07) is 6.29. The fourth-order valence-corrected chi connectivity index (χ4v) is 3.15. The van der Waals surface area contributed by atoms with E-state index in [1.54, 1.807) is 0 Å². The van der Waals surface area contributed by atoms with E-state index in [0.717, 1.165) is 13.0 Å². The molecular weight excluding hydrogens is 289 g/mol. The van der Waals surface area contributed by atoms with Crippen molar-refractivity contribution in [3.63, 3.8) is 0 Å². The van der Waals surface area contributed by atoms with Crippen molar-refractivity contribution in [1.82, 2.24) is 5.32 Å². The van der Waals surface area contributed by atoms with Gasteiger partial charge in [-0.2, -0.15) is 0 Å². The molecule has 0 radical (unpaired) electrons. The van der Waals surface area contributed by atoms with Gasteiger partial charge >= 0.3 is 0 Å². The average Bonchev–Trinajstić information content (AvgIpc) is 2.30. The number of halogens is 2. The molecule has 114 valence electrons. The summed E-state index contributed by atoms with van der Waals surface area (Å²) >= 11 is 12.1. The summed E-state index contributed by atoms with van der Waals surface area (Å²) in [6.07, 6.45) is 2.33. The first kappa shape index (κ1) is 17.8. The normalized spacial score (nSPS) is 15.2. The molecule has 3 heteroatoms.